The number of aliphatic hydroxyl groups is 1. The Balaban J connectivity index is 2.75. The van der Waals surface area contributed by atoms with Crippen LogP contribution in [0, 0.1) is 0 Å². The summed E-state index contributed by atoms with van der Waals surface area (Å²) in [5.74, 6) is 0. The maximum Gasteiger partial charge on any atom is 0.123 e. The third-order valence-electron chi connectivity index (χ3n) is 3.89. The lowest BCUT2D eigenvalue weighted by Crippen LogP contribution is -2.53. The molecule has 0 aromatic heterocycles. The molecule has 21 heavy (non-hydrogen) atoms. The molecule has 1 heterocycles. The zero-order chi connectivity index (χ0) is 15.7. The molecule has 1 fully saturated rings. The topological polar surface area (TPSA) is 35.5 Å². The van der Waals surface area contributed by atoms with Crippen molar-refractivity contribution >= 4 is 0 Å². The summed E-state index contributed by atoms with van der Waals surface area (Å²) < 4.78 is 0. The van der Waals surface area contributed by atoms with Crippen LogP contribution in [0.2, 0.25) is 0 Å². The van der Waals surface area contributed by atoms with Gasteiger partial charge in [0.25, 0.3) is 0 Å². The molecule has 0 amide bonds. The number of allylic oxidation sites excluding steroid dienone is 4. The van der Waals surface area contributed by atoms with Crippen molar-refractivity contribution in [1.29, 1.82) is 0 Å². The van der Waals surface area contributed by atoms with Crippen LogP contribution in [-0.4, -0.2) is 41.4 Å². The second kappa shape index (κ2) is 9.93. The van der Waals surface area contributed by atoms with E-state index >= 15 is 0 Å². The van der Waals surface area contributed by atoms with Gasteiger partial charge in [-0.05, 0) is 31.8 Å². The fourth-order valence-corrected chi connectivity index (χ4v) is 2.81. The number of nitrogens with one attached hydrogen (secondary N) is 1. The molecule has 2 N–H and O–H groups in total. The fourth-order valence-electron chi connectivity index (χ4n) is 2.81. The summed E-state index contributed by atoms with van der Waals surface area (Å²) in [6.07, 6.45) is 12.0. The van der Waals surface area contributed by atoms with Gasteiger partial charge in [0.15, 0.2) is 0 Å². The van der Waals surface area contributed by atoms with E-state index < -0.39 is 6.23 Å². The summed E-state index contributed by atoms with van der Waals surface area (Å²) in [5, 5.41) is 14.3. The van der Waals surface area contributed by atoms with Crippen molar-refractivity contribution in [2.45, 2.75) is 64.8 Å². The molecule has 1 saturated heterocycles. The summed E-state index contributed by atoms with van der Waals surface area (Å²) in [4.78, 5) is 2.21. The molecular formula is C18H32N2O. The third kappa shape index (κ3) is 6.60. The van der Waals surface area contributed by atoms with Gasteiger partial charge in [0.2, 0.25) is 0 Å². The van der Waals surface area contributed by atoms with E-state index in [1.54, 1.807) is 0 Å². The second-order valence-electron chi connectivity index (χ2n) is 6.11. The highest BCUT2D eigenvalue weighted by Gasteiger charge is 2.27. The zero-order valence-electron chi connectivity index (χ0n) is 13.9. The predicted octanol–water partition coefficient (Wildman–Crippen LogP) is 3.24. The fraction of sp³-hybridized carbons (Fsp3) is 0.667. The van der Waals surface area contributed by atoms with E-state index in [0.717, 1.165) is 25.1 Å². The summed E-state index contributed by atoms with van der Waals surface area (Å²) in [6, 6.07) is 0.389. The van der Waals surface area contributed by atoms with Crippen LogP contribution in [0.15, 0.2) is 36.5 Å². The summed E-state index contributed by atoms with van der Waals surface area (Å²) in [7, 11) is 0. The quantitative estimate of drug-likeness (QED) is 0.674. The molecule has 0 aromatic carbocycles. The van der Waals surface area contributed by atoms with E-state index in [0.29, 0.717) is 6.04 Å². The van der Waals surface area contributed by atoms with Crippen LogP contribution < -0.4 is 5.32 Å². The Labute approximate surface area is 130 Å². The van der Waals surface area contributed by atoms with Crippen molar-refractivity contribution < 1.29 is 5.11 Å². The van der Waals surface area contributed by atoms with Crippen LogP contribution in [0.4, 0.5) is 0 Å². The number of rotatable bonds is 8. The van der Waals surface area contributed by atoms with Gasteiger partial charge in [-0.1, -0.05) is 51.2 Å². The number of nitrogens with zero attached hydrogens (tertiary/aromatic N) is 1. The van der Waals surface area contributed by atoms with Crippen LogP contribution in [-0.2, 0) is 0 Å². The lowest BCUT2D eigenvalue weighted by molar-refractivity contribution is -0.0353. The van der Waals surface area contributed by atoms with Gasteiger partial charge in [-0.3, -0.25) is 4.90 Å². The van der Waals surface area contributed by atoms with Crippen LogP contribution in [0.5, 0.6) is 0 Å². The van der Waals surface area contributed by atoms with Gasteiger partial charge >= 0.3 is 0 Å². The van der Waals surface area contributed by atoms with Crippen LogP contribution >= 0.6 is 0 Å². The van der Waals surface area contributed by atoms with Crippen molar-refractivity contribution in [3.8, 4) is 0 Å². The Morgan fingerprint density at radius 3 is 2.48 bits per heavy atom. The first-order valence-electron chi connectivity index (χ1n) is 8.21. The SMILES string of the molecule is C=C/C(=C\C=C/C)CC(NC(C)C)C(O)N1CCCCC1. The lowest BCUT2D eigenvalue weighted by atomic mass is 10.0. The predicted molar refractivity (Wildman–Crippen MR) is 91.2 cm³/mol. The Kier molecular flexibility index (Phi) is 8.58. The Hall–Kier alpha value is -0.900. The van der Waals surface area contributed by atoms with Crippen molar-refractivity contribution in [2.24, 2.45) is 0 Å². The van der Waals surface area contributed by atoms with E-state index in [4.69, 9.17) is 0 Å². The minimum Gasteiger partial charge on any atom is -0.377 e. The minimum absolute atomic E-state index is 0.0395. The Bertz CT molecular complexity index is 354. The molecule has 3 nitrogen and oxygen atoms in total. The molecule has 1 aliphatic rings. The van der Waals surface area contributed by atoms with Crippen molar-refractivity contribution in [2.75, 3.05) is 13.1 Å². The summed E-state index contributed by atoms with van der Waals surface area (Å²) in [5.41, 5.74) is 1.15. The highest BCUT2D eigenvalue weighted by Crippen LogP contribution is 2.18. The monoisotopic (exact) mass is 292 g/mol. The number of hydrogen-bond acceptors (Lipinski definition) is 3. The Morgan fingerprint density at radius 2 is 1.95 bits per heavy atom. The van der Waals surface area contributed by atoms with Gasteiger partial charge in [-0.2, -0.15) is 0 Å². The lowest BCUT2D eigenvalue weighted by Gasteiger charge is -2.37. The van der Waals surface area contributed by atoms with Gasteiger partial charge in [0, 0.05) is 19.1 Å². The molecule has 1 aliphatic heterocycles. The Morgan fingerprint density at radius 1 is 1.29 bits per heavy atom. The first-order valence-corrected chi connectivity index (χ1v) is 8.21. The number of likely N-dealkylation sites (tertiary alicyclic amines) is 1. The molecule has 0 saturated carbocycles. The van der Waals surface area contributed by atoms with Crippen molar-refractivity contribution in [1.82, 2.24) is 10.2 Å². The van der Waals surface area contributed by atoms with E-state index in [2.05, 4.69) is 36.7 Å². The van der Waals surface area contributed by atoms with E-state index in [1.807, 2.05) is 25.2 Å². The molecule has 0 radical (unpaired) electrons. The number of aliphatic hydroxyl groups excluding tert-OH is 1. The molecule has 0 spiro atoms. The van der Waals surface area contributed by atoms with Crippen molar-refractivity contribution in [3.63, 3.8) is 0 Å². The molecule has 0 aromatic rings. The van der Waals surface area contributed by atoms with Crippen LogP contribution in [0.1, 0.15) is 46.5 Å². The number of piperidine rings is 1. The molecular weight excluding hydrogens is 260 g/mol. The van der Waals surface area contributed by atoms with E-state index in [1.165, 1.54) is 19.3 Å². The first kappa shape index (κ1) is 18.1. The molecule has 1 rings (SSSR count). The second-order valence-corrected chi connectivity index (χ2v) is 6.11. The zero-order valence-corrected chi connectivity index (χ0v) is 13.9. The maximum absolute atomic E-state index is 10.7. The highest BCUT2D eigenvalue weighted by molar-refractivity contribution is 5.23. The number of hydrogen-bond donors (Lipinski definition) is 2. The standard InChI is InChI=1S/C18H32N2O/c1-5-7-11-16(6-2)14-17(19-15(3)4)18(21)20-12-9-8-10-13-20/h5-7,11,15,17-19,21H,2,8-10,12-14H2,1,3-4H3/b7-5-,16-11+. The normalized spacial score (nSPS) is 20.9. The van der Waals surface area contributed by atoms with Gasteiger partial charge in [-0.15, -0.1) is 0 Å². The molecule has 120 valence electrons. The minimum atomic E-state index is -0.429. The van der Waals surface area contributed by atoms with Gasteiger partial charge in [0.05, 0.1) is 6.04 Å². The summed E-state index contributed by atoms with van der Waals surface area (Å²) >= 11 is 0. The van der Waals surface area contributed by atoms with Gasteiger partial charge in [-0.25, -0.2) is 0 Å². The highest BCUT2D eigenvalue weighted by atomic mass is 16.3. The smallest absolute Gasteiger partial charge is 0.123 e. The van der Waals surface area contributed by atoms with E-state index in [-0.39, 0.29) is 6.04 Å². The van der Waals surface area contributed by atoms with Gasteiger partial charge < -0.3 is 10.4 Å². The van der Waals surface area contributed by atoms with Gasteiger partial charge in [0.1, 0.15) is 6.23 Å². The van der Waals surface area contributed by atoms with Crippen LogP contribution in [0.25, 0.3) is 0 Å². The average Bonchev–Trinajstić information content (AvgIpc) is 2.50. The first-order chi connectivity index (χ1) is 10.1. The molecule has 0 bridgehead atoms. The molecule has 2 atom stereocenters. The molecule has 0 aliphatic carbocycles. The van der Waals surface area contributed by atoms with Crippen LogP contribution in [0.3, 0.4) is 0 Å². The molecule has 3 heteroatoms. The van der Waals surface area contributed by atoms with Crippen molar-refractivity contribution in [3.05, 3.63) is 36.5 Å². The largest absolute Gasteiger partial charge is 0.377 e. The third-order valence-corrected chi connectivity index (χ3v) is 3.89. The van der Waals surface area contributed by atoms with E-state index in [9.17, 15) is 5.11 Å². The molecule has 2 unspecified atom stereocenters. The average molecular weight is 292 g/mol. The maximum atomic E-state index is 10.7. The summed E-state index contributed by atoms with van der Waals surface area (Å²) in [6.45, 7) is 12.1.